The lowest BCUT2D eigenvalue weighted by Gasteiger charge is -2.32. The first-order valence-corrected chi connectivity index (χ1v) is 8.24. The summed E-state index contributed by atoms with van der Waals surface area (Å²) in [4.78, 5) is 26.4. The van der Waals surface area contributed by atoms with Crippen molar-refractivity contribution in [2.45, 2.75) is 39.2 Å². The Hall–Kier alpha value is -1.55. The van der Waals surface area contributed by atoms with Gasteiger partial charge in [0.15, 0.2) is 0 Å². The van der Waals surface area contributed by atoms with Crippen molar-refractivity contribution < 1.29 is 9.59 Å². The molecule has 0 aromatic heterocycles. The molecule has 0 aliphatic carbocycles. The molecule has 22 heavy (non-hydrogen) atoms. The maximum Gasteiger partial charge on any atom is 0.253 e. The monoisotopic (exact) mass is 322 g/mol. The van der Waals surface area contributed by atoms with Crippen LogP contribution in [0.5, 0.6) is 0 Å². The molecule has 120 valence electrons. The van der Waals surface area contributed by atoms with Crippen molar-refractivity contribution >= 4 is 23.4 Å². The minimum Gasteiger partial charge on any atom is -0.353 e. The van der Waals surface area contributed by atoms with E-state index in [0.29, 0.717) is 36.5 Å². The molecule has 4 nitrogen and oxygen atoms in total. The molecule has 0 saturated carbocycles. The third-order valence-electron chi connectivity index (χ3n) is 4.23. The Balaban J connectivity index is 1.89. The Morgan fingerprint density at radius 1 is 1.36 bits per heavy atom. The molecule has 1 fully saturated rings. The highest BCUT2D eigenvalue weighted by molar-refractivity contribution is 6.30. The fourth-order valence-corrected chi connectivity index (χ4v) is 2.80. The van der Waals surface area contributed by atoms with Gasteiger partial charge < -0.3 is 10.2 Å². The topological polar surface area (TPSA) is 49.4 Å². The van der Waals surface area contributed by atoms with Crippen molar-refractivity contribution in [3.8, 4) is 0 Å². The Morgan fingerprint density at radius 3 is 2.64 bits per heavy atom. The summed E-state index contributed by atoms with van der Waals surface area (Å²) >= 11 is 5.93. The maximum atomic E-state index is 12.4. The first-order valence-electron chi connectivity index (χ1n) is 7.86. The summed E-state index contributed by atoms with van der Waals surface area (Å²) in [5.74, 6) is 0.116. The van der Waals surface area contributed by atoms with E-state index >= 15 is 0 Å². The molecule has 0 bridgehead atoms. The smallest absolute Gasteiger partial charge is 0.253 e. The second-order valence-corrected chi connectivity index (χ2v) is 6.33. The Morgan fingerprint density at radius 2 is 2.05 bits per heavy atom. The van der Waals surface area contributed by atoms with Gasteiger partial charge in [0, 0.05) is 35.6 Å². The molecule has 1 atom stereocenters. The van der Waals surface area contributed by atoms with E-state index in [1.165, 1.54) is 0 Å². The number of likely N-dealkylation sites (tertiary alicyclic amines) is 1. The third kappa shape index (κ3) is 4.23. The molecule has 5 heteroatoms. The number of halogens is 1. The van der Waals surface area contributed by atoms with Crippen LogP contribution < -0.4 is 5.32 Å². The lowest BCUT2D eigenvalue weighted by molar-refractivity contribution is -0.126. The number of nitrogens with zero attached hydrogens (tertiary/aromatic N) is 1. The first kappa shape index (κ1) is 16.8. The number of benzene rings is 1. The Bertz CT molecular complexity index is 539. The summed E-state index contributed by atoms with van der Waals surface area (Å²) in [7, 11) is 0. The van der Waals surface area contributed by atoms with E-state index in [0.717, 1.165) is 6.42 Å². The fourth-order valence-electron chi connectivity index (χ4n) is 2.61. The van der Waals surface area contributed by atoms with Gasteiger partial charge >= 0.3 is 0 Å². The number of carbonyl (C=O) groups excluding carboxylic acids is 2. The van der Waals surface area contributed by atoms with Crippen molar-refractivity contribution in [2.75, 3.05) is 13.1 Å². The third-order valence-corrected chi connectivity index (χ3v) is 4.46. The van der Waals surface area contributed by atoms with Crippen LogP contribution in [-0.4, -0.2) is 35.8 Å². The van der Waals surface area contributed by atoms with Crippen LogP contribution in [0.15, 0.2) is 24.3 Å². The van der Waals surface area contributed by atoms with E-state index in [1.54, 1.807) is 29.2 Å². The van der Waals surface area contributed by atoms with Gasteiger partial charge in [-0.25, -0.2) is 0 Å². The number of piperidine rings is 1. The van der Waals surface area contributed by atoms with E-state index < -0.39 is 0 Å². The Kier molecular flexibility index (Phi) is 5.83. The molecule has 2 amide bonds. The predicted octanol–water partition coefficient (Wildman–Crippen LogP) is 3.11. The van der Waals surface area contributed by atoms with E-state index in [4.69, 9.17) is 11.6 Å². The van der Waals surface area contributed by atoms with E-state index in [1.807, 2.05) is 6.92 Å². The van der Waals surface area contributed by atoms with Crippen molar-refractivity contribution in [3.05, 3.63) is 34.9 Å². The minimum atomic E-state index is -0.0108. The van der Waals surface area contributed by atoms with Gasteiger partial charge in [0.1, 0.15) is 0 Å². The normalized spacial score (nSPS) is 17.1. The average Bonchev–Trinajstić information content (AvgIpc) is 2.54. The molecule has 2 rings (SSSR count). The van der Waals surface area contributed by atoms with Crippen LogP contribution in [0.2, 0.25) is 5.02 Å². The summed E-state index contributed by atoms with van der Waals surface area (Å²) in [6.07, 6.45) is 2.36. The van der Waals surface area contributed by atoms with Crippen LogP contribution in [0.4, 0.5) is 0 Å². The van der Waals surface area contributed by atoms with Gasteiger partial charge in [-0.05, 0) is 44.4 Å². The van der Waals surface area contributed by atoms with Gasteiger partial charge in [-0.1, -0.05) is 24.6 Å². The molecular formula is C17H23ClN2O2. The molecular weight excluding hydrogens is 300 g/mol. The van der Waals surface area contributed by atoms with Crippen molar-refractivity contribution in [3.63, 3.8) is 0 Å². The van der Waals surface area contributed by atoms with Crippen molar-refractivity contribution in [2.24, 2.45) is 5.92 Å². The second-order valence-electron chi connectivity index (χ2n) is 5.89. The van der Waals surface area contributed by atoms with Gasteiger partial charge in [0.05, 0.1) is 0 Å². The van der Waals surface area contributed by atoms with Crippen molar-refractivity contribution in [1.82, 2.24) is 10.2 Å². The average molecular weight is 323 g/mol. The first-order chi connectivity index (χ1) is 10.5. The van der Waals surface area contributed by atoms with Crippen LogP contribution in [0.1, 0.15) is 43.5 Å². The number of hydrogen-bond donors (Lipinski definition) is 1. The van der Waals surface area contributed by atoms with Crippen LogP contribution in [0.25, 0.3) is 0 Å². The SMILES string of the molecule is CC[C@@H](C)NC(=O)C1CCN(C(=O)c2cccc(Cl)c2)CC1. The molecule has 1 aliphatic heterocycles. The summed E-state index contributed by atoms with van der Waals surface area (Å²) < 4.78 is 0. The number of hydrogen-bond acceptors (Lipinski definition) is 2. The molecule has 0 radical (unpaired) electrons. The zero-order valence-electron chi connectivity index (χ0n) is 13.1. The highest BCUT2D eigenvalue weighted by Gasteiger charge is 2.28. The lowest BCUT2D eigenvalue weighted by Crippen LogP contribution is -2.44. The summed E-state index contributed by atoms with van der Waals surface area (Å²) in [6, 6.07) is 7.20. The van der Waals surface area contributed by atoms with E-state index in [2.05, 4.69) is 12.2 Å². The lowest BCUT2D eigenvalue weighted by atomic mass is 9.95. The van der Waals surface area contributed by atoms with Crippen LogP contribution in [0.3, 0.4) is 0 Å². The van der Waals surface area contributed by atoms with Crippen LogP contribution >= 0.6 is 11.6 Å². The molecule has 1 saturated heterocycles. The zero-order chi connectivity index (χ0) is 16.1. The number of carbonyl (C=O) groups is 2. The van der Waals surface area contributed by atoms with Crippen LogP contribution in [-0.2, 0) is 4.79 Å². The summed E-state index contributed by atoms with van der Waals surface area (Å²) in [6.45, 7) is 5.29. The van der Waals surface area contributed by atoms with Gasteiger partial charge in [0.25, 0.3) is 5.91 Å². The molecule has 1 aromatic carbocycles. The second kappa shape index (κ2) is 7.63. The van der Waals surface area contributed by atoms with E-state index in [-0.39, 0.29) is 23.8 Å². The number of nitrogens with one attached hydrogen (secondary N) is 1. The molecule has 1 aliphatic rings. The molecule has 0 spiro atoms. The summed E-state index contributed by atoms with van der Waals surface area (Å²) in [5.41, 5.74) is 0.606. The van der Waals surface area contributed by atoms with Gasteiger partial charge in [-0.15, -0.1) is 0 Å². The highest BCUT2D eigenvalue weighted by atomic mass is 35.5. The van der Waals surface area contributed by atoms with Crippen LogP contribution in [0, 0.1) is 5.92 Å². The fraction of sp³-hybridized carbons (Fsp3) is 0.529. The van der Waals surface area contributed by atoms with E-state index in [9.17, 15) is 9.59 Å². The number of rotatable bonds is 4. The van der Waals surface area contributed by atoms with Gasteiger partial charge in [-0.2, -0.15) is 0 Å². The highest BCUT2D eigenvalue weighted by Crippen LogP contribution is 2.20. The quantitative estimate of drug-likeness (QED) is 0.926. The molecule has 1 N–H and O–H groups in total. The Labute approximate surface area is 136 Å². The van der Waals surface area contributed by atoms with Gasteiger partial charge in [0.2, 0.25) is 5.91 Å². The number of amides is 2. The minimum absolute atomic E-state index is 0.0108. The molecule has 1 aromatic rings. The van der Waals surface area contributed by atoms with Crippen molar-refractivity contribution in [1.29, 1.82) is 0 Å². The molecule has 0 unspecified atom stereocenters. The molecule has 1 heterocycles. The predicted molar refractivity (Wildman–Crippen MR) is 88.0 cm³/mol. The maximum absolute atomic E-state index is 12.4. The largest absolute Gasteiger partial charge is 0.353 e. The standard InChI is InChI=1S/C17H23ClN2O2/c1-3-12(2)19-16(21)13-7-9-20(10-8-13)17(22)14-5-4-6-15(18)11-14/h4-6,11-13H,3,7-10H2,1-2H3,(H,19,21)/t12-/m1/s1. The van der Waals surface area contributed by atoms with Gasteiger partial charge in [-0.3, -0.25) is 9.59 Å². The zero-order valence-corrected chi connectivity index (χ0v) is 13.9. The summed E-state index contributed by atoms with van der Waals surface area (Å²) in [5, 5.41) is 3.59.